The van der Waals surface area contributed by atoms with Gasteiger partial charge in [-0.05, 0) is 12.3 Å². The van der Waals surface area contributed by atoms with Crippen molar-refractivity contribution in [3.8, 4) is 0 Å². The van der Waals surface area contributed by atoms with Gasteiger partial charge in [-0.3, -0.25) is 9.59 Å². The van der Waals surface area contributed by atoms with Crippen LogP contribution in [0.1, 0.15) is 42.4 Å². The molecule has 22 heavy (non-hydrogen) atoms. The Labute approximate surface area is 123 Å². The average molecular weight is 320 g/mol. The topological polar surface area (TPSA) is 83.6 Å². The van der Waals surface area contributed by atoms with Gasteiger partial charge in [-0.1, -0.05) is 19.0 Å². The number of likely N-dealkylation sites (tertiary alicyclic amines) is 1. The van der Waals surface area contributed by atoms with Crippen molar-refractivity contribution in [3.05, 3.63) is 17.5 Å². The SMILES string of the molecule is CC(C)c1cc(C(=O)N2CCC(C(=O)O)(C(F)(F)F)C2)on1. The third kappa shape index (κ3) is 2.55. The Morgan fingerprint density at radius 3 is 2.50 bits per heavy atom. The van der Waals surface area contributed by atoms with Crippen LogP contribution < -0.4 is 0 Å². The first kappa shape index (κ1) is 16.3. The van der Waals surface area contributed by atoms with E-state index in [0.29, 0.717) is 5.69 Å². The second-order valence-electron chi connectivity index (χ2n) is 5.63. The highest BCUT2D eigenvalue weighted by atomic mass is 19.4. The van der Waals surface area contributed by atoms with Crippen LogP contribution in [0.25, 0.3) is 0 Å². The highest BCUT2D eigenvalue weighted by molar-refractivity contribution is 5.92. The molecule has 1 N–H and O–H groups in total. The van der Waals surface area contributed by atoms with E-state index in [-0.39, 0.29) is 18.2 Å². The molecule has 1 saturated heterocycles. The number of nitrogens with zero attached hydrogens (tertiary/aromatic N) is 2. The summed E-state index contributed by atoms with van der Waals surface area (Å²) in [4.78, 5) is 24.1. The van der Waals surface area contributed by atoms with Crippen molar-refractivity contribution in [2.45, 2.75) is 32.4 Å². The lowest BCUT2D eigenvalue weighted by Crippen LogP contribution is -2.47. The molecule has 1 aromatic heterocycles. The maximum Gasteiger partial charge on any atom is 0.406 e. The van der Waals surface area contributed by atoms with Crippen molar-refractivity contribution in [1.82, 2.24) is 10.1 Å². The van der Waals surface area contributed by atoms with E-state index in [1.54, 1.807) is 0 Å². The van der Waals surface area contributed by atoms with E-state index in [1.807, 2.05) is 13.8 Å². The molecule has 0 aromatic carbocycles. The number of hydrogen-bond donors (Lipinski definition) is 1. The van der Waals surface area contributed by atoms with Crippen LogP contribution in [-0.2, 0) is 4.79 Å². The molecule has 0 aliphatic carbocycles. The number of hydrogen-bond acceptors (Lipinski definition) is 4. The maximum absolute atomic E-state index is 13.1. The first-order valence-corrected chi connectivity index (χ1v) is 6.64. The number of alkyl halides is 3. The zero-order chi connectivity index (χ0) is 16.7. The predicted octanol–water partition coefficient (Wildman–Crippen LogP) is 2.28. The van der Waals surface area contributed by atoms with Gasteiger partial charge in [0.2, 0.25) is 5.76 Å². The van der Waals surface area contributed by atoms with Gasteiger partial charge in [0.05, 0.1) is 5.69 Å². The summed E-state index contributed by atoms with van der Waals surface area (Å²) < 4.78 is 44.0. The van der Waals surface area contributed by atoms with Crippen LogP contribution in [0, 0.1) is 5.41 Å². The number of carboxylic acid groups (broad SMARTS) is 1. The highest BCUT2D eigenvalue weighted by Gasteiger charge is 2.64. The molecule has 2 rings (SSSR count). The van der Waals surface area contributed by atoms with Gasteiger partial charge in [0.15, 0.2) is 5.41 Å². The maximum atomic E-state index is 13.1. The van der Waals surface area contributed by atoms with E-state index in [4.69, 9.17) is 9.63 Å². The molecule has 1 unspecified atom stereocenters. The third-order valence-electron chi connectivity index (χ3n) is 3.84. The quantitative estimate of drug-likeness (QED) is 0.923. The van der Waals surface area contributed by atoms with E-state index in [0.717, 1.165) is 4.90 Å². The summed E-state index contributed by atoms with van der Waals surface area (Å²) in [5.74, 6) is -2.95. The van der Waals surface area contributed by atoms with Crippen molar-refractivity contribution in [3.63, 3.8) is 0 Å². The molecule has 1 amide bonds. The zero-order valence-corrected chi connectivity index (χ0v) is 12.0. The van der Waals surface area contributed by atoms with Crippen LogP contribution in [0.5, 0.6) is 0 Å². The summed E-state index contributed by atoms with van der Waals surface area (Å²) in [6.45, 7) is 2.41. The molecule has 1 aliphatic rings. The molecule has 0 radical (unpaired) electrons. The van der Waals surface area contributed by atoms with Gasteiger partial charge in [0.25, 0.3) is 5.91 Å². The van der Waals surface area contributed by atoms with E-state index in [2.05, 4.69) is 5.16 Å². The summed E-state index contributed by atoms with van der Waals surface area (Å²) in [6, 6.07) is 1.36. The van der Waals surface area contributed by atoms with Crippen molar-refractivity contribution in [1.29, 1.82) is 0 Å². The van der Waals surface area contributed by atoms with Gasteiger partial charge in [0.1, 0.15) is 0 Å². The van der Waals surface area contributed by atoms with Crippen LogP contribution in [0.4, 0.5) is 13.2 Å². The van der Waals surface area contributed by atoms with Crippen LogP contribution >= 0.6 is 0 Å². The minimum absolute atomic E-state index is 0.00263. The van der Waals surface area contributed by atoms with Gasteiger partial charge in [0, 0.05) is 19.2 Å². The lowest BCUT2D eigenvalue weighted by atomic mass is 9.86. The summed E-state index contributed by atoms with van der Waals surface area (Å²) in [5.41, 5.74) is -2.42. The Morgan fingerprint density at radius 2 is 2.09 bits per heavy atom. The first-order chi connectivity index (χ1) is 10.1. The molecular formula is C13H15F3N2O4. The molecule has 0 saturated carbocycles. The number of amides is 1. The van der Waals surface area contributed by atoms with E-state index in [9.17, 15) is 22.8 Å². The Balaban J connectivity index is 2.21. The molecule has 1 atom stereocenters. The number of rotatable bonds is 3. The normalized spacial score (nSPS) is 22.4. The molecule has 122 valence electrons. The zero-order valence-electron chi connectivity index (χ0n) is 12.0. The number of carbonyl (C=O) groups is 2. The van der Waals surface area contributed by atoms with Crippen LogP contribution in [-0.4, -0.2) is 46.3 Å². The molecule has 1 aromatic rings. The Kier molecular flexibility index (Phi) is 3.92. The second-order valence-corrected chi connectivity index (χ2v) is 5.63. The number of aliphatic carboxylic acids is 1. The van der Waals surface area contributed by atoms with Crippen LogP contribution in [0.15, 0.2) is 10.6 Å². The number of aromatic nitrogens is 1. The average Bonchev–Trinajstić information content (AvgIpc) is 3.05. The summed E-state index contributed by atoms with van der Waals surface area (Å²) >= 11 is 0. The molecule has 9 heteroatoms. The lowest BCUT2D eigenvalue weighted by molar-refractivity contribution is -0.227. The van der Waals surface area contributed by atoms with Crippen molar-refractivity contribution < 1.29 is 32.4 Å². The summed E-state index contributed by atoms with van der Waals surface area (Å²) in [7, 11) is 0. The first-order valence-electron chi connectivity index (χ1n) is 6.64. The van der Waals surface area contributed by atoms with Crippen LogP contribution in [0.3, 0.4) is 0 Å². The van der Waals surface area contributed by atoms with Gasteiger partial charge in [-0.15, -0.1) is 0 Å². The Bertz CT molecular complexity index is 596. The highest BCUT2D eigenvalue weighted by Crippen LogP contribution is 2.46. The van der Waals surface area contributed by atoms with Gasteiger partial charge in [-0.25, -0.2) is 0 Å². The van der Waals surface area contributed by atoms with Gasteiger partial charge < -0.3 is 14.5 Å². The Hall–Kier alpha value is -2.06. The van der Waals surface area contributed by atoms with Crippen molar-refractivity contribution in [2.24, 2.45) is 5.41 Å². The number of halogens is 3. The lowest BCUT2D eigenvalue weighted by Gasteiger charge is -2.26. The van der Waals surface area contributed by atoms with Crippen molar-refractivity contribution in [2.75, 3.05) is 13.1 Å². The van der Waals surface area contributed by atoms with E-state index in [1.165, 1.54) is 6.07 Å². The second kappa shape index (κ2) is 5.29. The van der Waals surface area contributed by atoms with E-state index >= 15 is 0 Å². The fraction of sp³-hybridized carbons (Fsp3) is 0.615. The van der Waals surface area contributed by atoms with E-state index < -0.39 is 36.4 Å². The molecule has 0 spiro atoms. The summed E-state index contributed by atoms with van der Waals surface area (Å²) in [5, 5.41) is 12.6. The summed E-state index contributed by atoms with van der Waals surface area (Å²) in [6.07, 6.45) is -5.61. The van der Waals surface area contributed by atoms with Crippen LogP contribution in [0.2, 0.25) is 0 Å². The molecule has 1 aliphatic heterocycles. The fourth-order valence-electron chi connectivity index (χ4n) is 2.33. The minimum Gasteiger partial charge on any atom is -0.481 e. The van der Waals surface area contributed by atoms with Gasteiger partial charge in [-0.2, -0.15) is 13.2 Å². The largest absolute Gasteiger partial charge is 0.481 e. The number of carbonyl (C=O) groups excluding carboxylic acids is 1. The smallest absolute Gasteiger partial charge is 0.406 e. The molecule has 2 heterocycles. The minimum atomic E-state index is -4.93. The standard InChI is InChI=1S/C13H15F3N2O4/c1-7(2)8-5-9(22-17-8)10(19)18-4-3-12(6-18,11(20)21)13(14,15)16/h5,7H,3-4,6H2,1-2H3,(H,20,21). The van der Waals surface area contributed by atoms with Gasteiger partial charge >= 0.3 is 12.1 Å². The molecule has 0 bridgehead atoms. The predicted molar refractivity (Wildman–Crippen MR) is 67.2 cm³/mol. The molecule has 1 fully saturated rings. The fourth-order valence-corrected chi connectivity index (χ4v) is 2.33. The Morgan fingerprint density at radius 1 is 1.45 bits per heavy atom. The monoisotopic (exact) mass is 320 g/mol. The van der Waals surface area contributed by atoms with Crippen molar-refractivity contribution >= 4 is 11.9 Å². The third-order valence-corrected chi connectivity index (χ3v) is 3.84. The number of carboxylic acids is 1. The molecule has 6 nitrogen and oxygen atoms in total. The molecular weight excluding hydrogens is 305 g/mol.